The molecule has 2 amide bonds. The Morgan fingerprint density at radius 1 is 1.12 bits per heavy atom. The van der Waals surface area contributed by atoms with E-state index in [1.54, 1.807) is 24.3 Å². The van der Waals surface area contributed by atoms with E-state index in [0.29, 0.717) is 24.7 Å². The van der Waals surface area contributed by atoms with E-state index in [1.165, 1.54) is 0 Å². The zero-order chi connectivity index (χ0) is 22.8. The first-order valence-electron chi connectivity index (χ1n) is 11.2. The monoisotopic (exact) mass is 442 g/mol. The van der Waals surface area contributed by atoms with Gasteiger partial charge in [0.15, 0.2) is 5.82 Å². The maximum Gasteiger partial charge on any atom is 0.228 e. The molecule has 8 nitrogen and oxygen atoms in total. The molecule has 0 radical (unpaired) electrons. The number of hydrogen-bond acceptors (Lipinski definition) is 6. The van der Waals surface area contributed by atoms with Crippen molar-refractivity contribution in [1.82, 2.24) is 24.8 Å². The molecule has 2 fully saturated rings. The Morgan fingerprint density at radius 3 is 2.70 bits per heavy atom. The highest BCUT2D eigenvalue weighted by Crippen LogP contribution is 2.35. The van der Waals surface area contributed by atoms with Gasteiger partial charge in [0, 0.05) is 56.3 Å². The van der Waals surface area contributed by atoms with Crippen molar-refractivity contribution in [2.45, 2.75) is 25.3 Å². The average molecular weight is 443 g/mol. The predicted molar refractivity (Wildman–Crippen MR) is 124 cm³/mol. The van der Waals surface area contributed by atoms with Crippen LogP contribution in [-0.4, -0.2) is 56.7 Å². The van der Waals surface area contributed by atoms with Gasteiger partial charge in [0.05, 0.1) is 17.7 Å². The number of carbonyl (C=O) groups is 2. The summed E-state index contributed by atoms with van der Waals surface area (Å²) in [7, 11) is 1.75. The quantitative estimate of drug-likeness (QED) is 0.651. The van der Waals surface area contributed by atoms with Crippen LogP contribution in [0.3, 0.4) is 0 Å². The van der Waals surface area contributed by atoms with E-state index in [0.717, 1.165) is 29.8 Å². The molecule has 4 heterocycles. The molecule has 0 bridgehead atoms. The normalized spacial score (nSPS) is 20.3. The van der Waals surface area contributed by atoms with Crippen LogP contribution in [-0.2, 0) is 9.59 Å². The number of nitrogens with one attached hydrogen (secondary N) is 1. The van der Waals surface area contributed by atoms with E-state index in [1.807, 2.05) is 53.4 Å². The number of aromatic nitrogens is 3. The number of nitrogens with zero attached hydrogens (tertiary/aromatic N) is 5. The lowest BCUT2D eigenvalue weighted by Gasteiger charge is -2.26. The summed E-state index contributed by atoms with van der Waals surface area (Å²) < 4.78 is 0. The molecule has 0 aliphatic carbocycles. The zero-order valence-corrected chi connectivity index (χ0v) is 18.5. The molecule has 2 aromatic heterocycles. The van der Waals surface area contributed by atoms with Crippen molar-refractivity contribution < 1.29 is 9.59 Å². The van der Waals surface area contributed by atoms with Gasteiger partial charge in [-0.15, -0.1) is 0 Å². The highest BCUT2D eigenvalue weighted by atomic mass is 16.2. The molecule has 168 valence electrons. The molecule has 0 saturated carbocycles. The third-order valence-electron chi connectivity index (χ3n) is 6.27. The molecule has 2 aliphatic rings. The Hall–Kier alpha value is -3.81. The number of benzene rings is 1. The molecular weight excluding hydrogens is 416 g/mol. The second-order valence-corrected chi connectivity index (χ2v) is 8.59. The molecule has 1 N–H and O–H groups in total. The lowest BCUT2D eigenvalue weighted by Crippen LogP contribution is -2.37. The van der Waals surface area contributed by atoms with Crippen LogP contribution < -0.4 is 5.32 Å². The lowest BCUT2D eigenvalue weighted by atomic mass is 10.1. The Balaban J connectivity index is 1.48. The SMILES string of the molecule is CN1C[C@H](C(=O)N2CCC[C@@H]2c2nc(Nc3ccccc3)cc(-c3cccnc3)n2)CC1=O. The molecular formula is C25H26N6O2. The summed E-state index contributed by atoms with van der Waals surface area (Å²) in [5, 5.41) is 3.36. The van der Waals surface area contributed by atoms with Crippen LogP contribution in [0, 0.1) is 5.92 Å². The summed E-state index contributed by atoms with van der Waals surface area (Å²) in [6.45, 7) is 1.12. The van der Waals surface area contributed by atoms with Crippen LogP contribution in [0.1, 0.15) is 31.1 Å². The van der Waals surface area contributed by atoms with Crippen molar-refractivity contribution in [1.29, 1.82) is 0 Å². The van der Waals surface area contributed by atoms with Gasteiger partial charge in [-0.25, -0.2) is 9.97 Å². The fourth-order valence-corrected chi connectivity index (χ4v) is 4.57. The number of rotatable bonds is 5. The third-order valence-corrected chi connectivity index (χ3v) is 6.27. The molecule has 1 aromatic carbocycles. The first-order chi connectivity index (χ1) is 16.1. The van der Waals surface area contributed by atoms with Gasteiger partial charge >= 0.3 is 0 Å². The standard InChI is InChI=1S/C25H26N6O2/c1-30-16-18(13-23(30)32)25(33)31-12-6-10-21(31)24-28-20(17-7-5-11-26-15-17)14-22(29-24)27-19-8-3-2-4-9-19/h2-5,7-9,11,14-15,18,21H,6,10,12-13,16H2,1H3,(H,27,28,29)/t18-,21-/m1/s1. The van der Waals surface area contributed by atoms with Gasteiger partial charge in [0.1, 0.15) is 5.82 Å². The predicted octanol–water partition coefficient (Wildman–Crippen LogP) is 3.42. The fourth-order valence-electron chi connectivity index (χ4n) is 4.57. The Morgan fingerprint density at radius 2 is 1.97 bits per heavy atom. The number of anilines is 2. The van der Waals surface area contributed by atoms with Crippen molar-refractivity contribution in [3.63, 3.8) is 0 Å². The summed E-state index contributed by atoms with van der Waals surface area (Å²) in [6, 6.07) is 15.4. The van der Waals surface area contributed by atoms with Gasteiger partial charge < -0.3 is 15.1 Å². The largest absolute Gasteiger partial charge is 0.345 e. The zero-order valence-electron chi connectivity index (χ0n) is 18.5. The summed E-state index contributed by atoms with van der Waals surface area (Å²) >= 11 is 0. The van der Waals surface area contributed by atoms with Gasteiger partial charge in [-0.3, -0.25) is 14.6 Å². The van der Waals surface area contributed by atoms with Gasteiger partial charge in [0.25, 0.3) is 0 Å². The first kappa shape index (κ1) is 21.1. The van der Waals surface area contributed by atoms with Gasteiger partial charge in [-0.05, 0) is 37.1 Å². The minimum atomic E-state index is -0.300. The number of hydrogen-bond donors (Lipinski definition) is 1. The molecule has 0 spiro atoms. The lowest BCUT2D eigenvalue weighted by molar-refractivity contribution is -0.136. The van der Waals surface area contributed by atoms with Gasteiger partial charge in [-0.2, -0.15) is 0 Å². The van der Waals surface area contributed by atoms with Crippen molar-refractivity contribution >= 4 is 23.3 Å². The van der Waals surface area contributed by atoms with Crippen LogP contribution in [0.5, 0.6) is 0 Å². The van der Waals surface area contributed by atoms with Crippen LogP contribution in [0.4, 0.5) is 11.5 Å². The van der Waals surface area contributed by atoms with Gasteiger partial charge in [-0.1, -0.05) is 18.2 Å². The Bertz CT molecular complexity index is 1150. The summed E-state index contributed by atoms with van der Waals surface area (Å²) in [4.78, 5) is 42.7. The first-order valence-corrected chi connectivity index (χ1v) is 11.2. The summed E-state index contributed by atoms with van der Waals surface area (Å²) in [5.74, 6) is 1.02. The smallest absolute Gasteiger partial charge is 0.228 e. The van der Waals surface area contributed by atoms with Crippen LogP contribution >= 0.6 is 0 Å². The van der Waals surface area contributed by atoms with E-state index in [9.17, 15) is 9.59 Å². The third kappa shape index (κ3) is 4.41. The van der Waals surface area contributed by atoms with E-state index in [2.05, 4.69) is 10.3 Å². The van der Waals surface area contributed by atoms with E-state index in [-0.39, 0.29) is 30.2 Å². The molecule has 2 aliphatic heterocycles. The molecule has 8 heteroatoms. The van der Waals surface area contributed by atoms with E-state index in [4.69, 9.17) is 9.97 Å². The van der Waals surface area contributed by atoms with E-state index >= 15 is 0 Å². The Kier molecular flexibility index (Phi) is 5.73. The molecule has 33 heavy (non-hydrogen) atoms. The highest BCUT2D eigenvalue weighted by molar-refractivity contribution is 5.89. The number of para-hydroxylation sites is 1. The van der Waals surface area contributed by atoms with Crippen molar-refractivity contribution in [3.8, 4) is 11.3 Å². The van der Waals surface area contributed by atoms with Gasteiger partial charge in [0.2, 0.25) is 11.8 Å². The minimum absolute atomic E-state index is 0.0168. The van der Waals surface area contributed by atoms with Crippen LogP contribution in [0.2, 0.25) is 0 Å². The second-order valence-electron chi connectivity index (χ2n) is 8.59. The highest BCUT2D eigenvalue weighted by Gasteiger charge is 2.40. The van der Waals surface area contributed by atoms with Crippen molar-refractivity contribution in [2.24, 2.45) is 5.92 Å². The second kappa shape index (κ2) is 8.97. The number of likely N-dealkylation sites (tertiary alicyclic amines) is 2. The fraction of sp³-hybridized carbons (Fsp3) is 0.320. The summed E-state index contributed by atoms with van der Waals surface area (Å²) in [6.07, 6.45) is 5.45. The molecule has 2 saturated heterocycles. The Labute approximate surface area is 192 Å². The maximum atomic E-state index is 13.3. The number of pyridine rings is 1. The number of amides is 2. The van der Waals surface area contributed by atoms with Crippen LogP contribution in [0.25, 0.3) is 11.3 Å². The van der Waals surface area contributed by atoms with Crippen LogP contribution in [0.15, 0.2) is 60.9 Å². The van der Waals surface area contributed by atoms with Crippen molar-refractivity contribution in [2.75, 3.05) is 25.5 Å². The molecule has 0 unspecified atom stereocenters. The summed E-state index contributed by atoms with van der Waals surface area (Å²) in [5.41, 5.74) is 2.56. The average Bonchev–Trinajstić information content (AvgIpc) is 3.46. The minimum Gasteiger partial charge on any atom is -0.345 e. The van der Waals surface area contributed by atoms with Crippen molar-refractivity contribution in [3.05, 3.63) is 66.7 Å². The molecule has 2 atom stereocenters. The topological polar surface area (TPSA) is 91.3 Å². The molecule has 3 aromatic rings. The molecule has 5 rings (SSSR count). The number of carbonyl (C=O) groups excluding carboxylic acids is 2. The maximum absolute atomic E-state index is 13.3. The van der Waals surface area contributed by atoms with E-state index < -0.39 is 0 Å².